The molecule has 0 bridgehead atoms. The van der Waals surface area contributed by atoms with Crippen molar-refractivity contribution >= 4 is 41.0 Å². The molecular formula is C14H19N3O4S2. The maximum Gasteiger partial charge on any atom is 0.353 e. The van der Waals surface area contributed by atoms with E-state index in [2.05, 4.69) is 10.6 Å². The summed E-state index contributed by atoms with van der Waals surface area (Å²) in [6.07, 6.45) is -0.777. The molecule has 4 atom stereocenters. The van der Waals surface area contributed by atoms with E-state index in [1.165, 1.54) is 16.7 Å². The molecule has 1 amide bonds. The number of thioether (sulfide) groups is 1. The van der Waals surface area contributed by atoms with Crippen LogP contribution in [0.3, 0.4) is 0 Å². The number of aliphatic hydroxyl groups excluding tert-OH is 1. The van der Waals surface area contributed by atoms with Gasteiger partial charge in [-0.3, -0.25) is 4.79 Å². The minimum absolute atomic E-state index is 0.0718. The van der Waals surface area contributed by atoms with Gasteiger partial charge in [0.1, 0.15) is 5.70 Å². The first-order valence-electron chi connectivity index (χ1n) is 7.50. The highest BCUT2D eigenvalue weighted by atomic mass is 32.2. The predicted octanol–water partition coefficient (Wildman–Crippen LogP) is -0.280. The number of hydrogen-bond acceptors (Lipinski definition) is 5. The van der Waals surface area contributed by atoms with Gasteiger partial charge in [-0.1, -0.05) is 6.92 Å². The van der Waals surface area contributed by atoms with Crippen molar-refractivity contribution in [3.05, 3.63) is 10.6 Å². The van der Waals surface area contributed by atoms with Crippen LogP contribution in [0.2, 0.25) is 0 Å². The summed E-state index contributed by atoms with van der Waals surface area (Å²) in [4.78, 5) is 26.0. The van der Waals surface area contributed by atoms with Crippen molar-refractivity contribution in [1.29, 1.82) is 0 Å². The van der Waals surface area contributed by atoms with Gasteiger partial charge >= 0.3 is 5.97 Å². The zero-order chi connectivity index (χ0) is 16.9. The lowest BCUT2D eigenvalue weighted by molar-refractivity contribution is -0.163. The van der Waals surface area contributed by atoms with Crippen LogP contribution < -0.4 is 10.6 Å². The first-order chi connectivity index (χ1) is 10.8. The van der Waals surface area contributed by atoms with E-state index in [4.69, 9.17) is 12.2 Å². The number of β-lactam (4-membered cyclic amide) rings is 1. The number of aliphatic carboxylic acids is 1. The van der Waals surface area contributed by atoms with Gasteiger partial charge in [0.15, 0.2) is 5.11 Å². The number of carboxylic acid groups (broad SMARTS) is 1. The summed E-state index contributed by atoms with van der Waals surface area (Å²) in [5, 5.41) is 26.2. The van der Waals surface area contributed by atoms with Crippen molar-refractivity contribution in [2.75, 3.05) is 13.1 Å². The van der Waals surface area contributed by atoms with Gasteiger partial charge < -0.3 is 25.7 Å². The van der Waals surface area contributed by atoms with Gasteiger partial charge in [0.05, 0.1) is 18.1 Å². The highest BCUT2D eigenvalue weighted by Crippen LogP contribution is 2.51. The molecule has 2 fully saturated rings. The molecule has 3 rings (SSSR count). The van der Waals surface area contributed by atoms with Crippen LogP contribution in [-0.4, -0.2) is 62.6 Å². The topological polar surface area (TPSA) is 102 Å². The smallest absolute Gasteiger partial charge is 0.353 e. The van der Waals surface area contributed by atoms with E-state index in [0.717, 1.165) is 0 Å². The molecule has 0 saturated carbocycles. The first kappa shape index (κ1) is 16.5. The summed E-state index contributed by atoms with van der Waals surface area (Å²) in [5.74, 6) is -2.01. The summed E-state index contributed by atoms with van der Waals surface area (Å²) in [5.41, 5.74) is 0.0718. The number of carboxylic acids is 1. The van der Waals surface area contributed by atoms with E-state index in [1.807, 2.05) is 6.92 Å². The zero-order valence-corrected chi connectivity index (χ0v) is 14.4. The number of rotatable bonds is 4. The third kappa shape index (κ3) is 2.60. The van der Waals surface area contributed by atoms with Gasteiger partial charge in [0.25, 0.3) is 0 Å². The lowest BCUT2D eigenvalue weighted by Gasteiger charge is -2.46. The number of carbonyl (C=O) groups excluding carboxylic acids is 1. The van der Waals surface area contributed by atoms with Crippen molar-refractivity contribution in [1.82, 2.24) is 15.5 Å². The second kappa shape index (κ2) is 5.95. The molecule has 9 heteroatoms. The fourth-order valence-corrected chi connectivity index (χ4v) is 5.00. The molecule has 0 unspecified atom stereocenters. The highest BCUT2D eigenvalue weighted by Gasteiger charge is 2.60. The molecular weight excluding hydrogens is 338 g/mol. The summed E-state index contributed by atoms with van der Waals surface area (Å²) in [6, 6.07) is -0.262. The van der Waals surface area contributed by atoms with Gasteiger partial charge in [-0.2, -0.15) is 0 Å². The second-order valence-corrected chi connectivity index (χ2v) is 7.85. The Hall–Kier alpha value is -1.32. The number of aliphatic hydroxyl groups is 1. The quantitative estimate of drug-likeness (QED) is 0.403. The lowest BCUT2D eigenvalue weighted by atomic mass is 9.79. The molecule has 0 aromatic rings. The Morgan fingerprint density at radius 2 is 2.04 bits per heavy atom. The normalized spacial score (nSPS) is 32.1. The SMILES string of the molecule is C[C@@H](O)[C@H]1C(=O)N2C(C(=O)O)=C(SC3CNC(=S)NC3)[C@H](C)[C@H]12. The second-order valence-electron chi connectivity index (χ2n) is 6.10. The standard InChI is InChI=1S/C14H19N3O4S2/c1-5-9-8(6(2)18)12(19)17(9)10(13(20)21)11(5)23-7-3-15-14(22)16-4-7/h5-9,18H,3-4H2,1-2H3,(H,20,21)(H2,15,16,22)/t5-,6-,8-,9-/m1/s1. The number of nitrogens with zero attached hydrogens (tertiary/aromatic N) is 1. The van der Waals surface area contributed by atoms with E-state index in [-0.39, 0.29) is 28.8 Å². The fraction of sp³-hybridized carbons (Fsp3) is 0.643. The molecule has 3 heterocycles. The van der Waals surface area contributed by atoms with Gasteiger partial charge in [0, 0.05) is 29.2 Å². The Bertz CT molecular complexity index is 597. The predicted molar refractivity (Wildman–Crippen MR) is 89.6 cm³/mol. The number of hydrogen-bond donors (Lipinski definition) is 4. The molecule has 0 radical (unpaired) electrons. The molecule has 126 valence electrons. The van der Waals surface area contributed by atoms with Crippen molar-refractivity contribution in [2.45, 2.75) is 31.2 Å². The third-order valence-electron chi connectivity index (χ3n) is 4.59. The fourth-order valence-electron chi connectivity index (χ4n) is 3.49. The molecule has 0 aliphatic carbocycles. The molecule has 23 heavy (non-hydrogen) atoms. The van der Waals surface area contributed by atoms with Crippen LogP contribution in [0.25, 0.3) is 0 Å². The van der Waals surface area contributed by atoms with E-state index in [0.29, 0.717) is 23.1 Å². The van der Waals surface area contributed by atoms with Crippen molar-refractivity contribution in [3.8, 4) is 0 Å². The molecule has 0 spiro atoms. The average Bonchev–Trinajstić information content (AvgIpc) is 2.71. The monoisotopic (exact) mass is 357 g/mol. The van der Waals surface area contributed by atoms with E-state index in [9.17, 15) is 19.8 Å². The average molecular weight is 357 g/mol. The number of carbonyl (C=O) groups is 2. The molecule has 4 N–H and O–H groups in total. The number of thiocarbonyl (C=S) groups is 1. The van der Waals surface area contributed by atoms with Gasteiger partial charge in [0.2, 0.25) is 5.91 Å². The minimum atomic E-state index is -1.09. The minimum Gasteiger partial charge on any atom is -0.477 e. The van der Waals surface area contributed by atoms with Crippen LogP contribution in [-0.2, 0) is 9.59 Å². The van der Waals surface area contributed by atoms with Crippen LogP contribution in [0, 0.1) is 11.8 Å². The van der Waals surface area contributed by atoms with Crippen molar-refractivity contribution in [2.24, 2.45) is 11.8 Å². The van der Waals surface area contributed by atoms with Crippen molar-refractivity contribution in [3.63, 3.8) is 0 Å². The largest absolute Gasteiger partial charge is 0.477 e. The van der Waals surface area contributed by atoms with Crippen LogP contribution in [0.15, 0.2) is 10.6 Å². The van der Waals surface area contributed by atoms with Gasteiger partial charge in [-0.05, 0) is 19.1 Å². The van der Waals surface area contributed by atoms with Crippen LogP contribution in [0.1, 0.15) is 13.8 Å². The Kier molecular flexibility index (Phi) is 4.28. The van der Waals surface area contributed by atoms with E-state index in [1.54, 1.807) is 6.92 Å². The highest BCUT2D eigenvalue weighted by molar-refractivity contribution is 8.03. The molecule has 0 aromatic carbocycles. The Morgan fingerprint density at radius 1 is 1.43 bits per heavy atom. The zero-order valence-electron chi connectivity index (χ0n) is 12.8. The first-order valence-corrected chi connectivity index (χ1v) is 8.78. The summed E-state index contributed by atoms with van der Waals surface area (Å²) in [7, 11) is 0. The van der Waals surface area contributed by atoms with Crippen molar-refractivity contribution < 1.29 is 19.8 Å². The maximum absolute atomic E-state index is 12.2. The molecule has 0 aromatic heterocycles. The van der Waals surface area contributed by atoms with Gasteiger partial charge in [-0.25, -0.2) is 4.79 Å². The third-order valence-corrected chi connectivity index (χ3v) is 6.36. The molecule has 2 saturated heterocycles. The molecule has 3 aliphatic heterocycles. The number of nitrogens with one attached hydrogen (secondary N) is 2. The van der Waals surface area contributed by atoms with Crippen LogP contribution >= 0.6 is 24.0 Å². The maximum atomic E-state index is 12.2. The van der Waals surface area contributed by atoms with Gasteiger partial charge in [-0.15, -0.1) is 11.8 Å². The summed E-state index contributed by atoms with van der Waals surface area (Å²) >= 11 is 6.49. The van der Waals surface area contributed by atoms with Crippen LogP contribution in [0.5, 0.6) is 0 Å². The summed E-state index contributed by atoms with van der Waals surface area (Å²) < 4.78 is 0. The van der Waals surface area contributed by atoms with Crippen LogP contribution in [0.4, 0.5) is 0 Å². The van der Waals surface area contributed by atoms with E-state index < -0.39 is 18.0 Å². The Morgan fingerprint density at radius 3 is 2.57 bits per heavy atom. The van der Waals surface area contributed by atoms with E-state index >= 15 is 0 Å². The molecule has 3 aliphatic rings. The summed E-state index contributed by atoms with van der Waals surface area (Å²) in [6.45, 7) is 4.80. The lowest BCUT2D eigenvalue weighted by Crippen LogP contribution is -2.63. The Balaban J connectivity index is 1.84. The number of fused-ring (bicyclic) bond motifs is 1. The Labute approximate surface area is 143 Å². The molecule has 7 nitrogen and oxygen atoms in total. The number of amides is 1.